The number of nitrogen functional groups attached to an aromatic ring is 1. The zero-order valence-corrected chi connectivity index (χ0v) is 10.8. The number of carbonyl (C=O) groups excluding carboxylic acids is 1. The quantitative estimate of drug-likeness (QED) is 0.581. The van der Waals surface area contributed by atoms with Crippen molar-refractivity contribution in [2.75, 3.05) is 16.8 Å². The molecule has 4 N–H and O–H groups in total. The molecule has 94 valence electrons. The van der Waals surface area contributed by atoms with Crippen LogP contribution < -0.4 is 11.1 Å². The summed E-state index contributed by atoms with van der Waals surface area (Å²) in [6.45, 7) is 0. The lowest BCUT2D eigenvalue weighted by Crippen LogP contribution is -2.13. The predicted molar refractivity (Wildman–Crippen MR) is 71.8 cm³/mol. The van der Waals surface area contributed by atoms with Crippen molar-refractivity contribution in [3.05, 3.63) is 24.3 Å². The molecule has 1 aromatic heterocycles. The number of nitrogens with zero attached hydrogens (tertiary/aromatic N) is 2. The molecule has 0 fully saturated rings. The Hall–Kier alpha value is -1.80. The number of carbonyl (C=O) groups is 1. The highest BCUT2D eigenvalue weighted by atomic mass is 32.2. The smallest absolute Gasteiger partial charge is 0.234 e. The minimum absolute atomic E-state index is 0.0380. The number of anilines is 2. The molecule has 1 amide bonds. The highest BCUT2D eigenvalue weighted by molar-refractivity contribution is 8.01. The molecule has 0 aliphatic rings. The van der Waals surface area contributed by atoms with Crippen LogP contribution in [-0.2, 0) is 4.79 Å². The van der Waals surface area contributed by atoms with E-state index in [1.165, 1.54) is 29.2 Å². The molecule has 0 aliphatic carbocycles. The van der Waals surface area contributed by atoms with Gasteiger partial charge < -0.3 is 16.2 Å². The Morgan fingerprint density at radius 2 is 2.22 bits per heavy atom. The van der Waals surface area contributed by atoms with Crippen LogP contribution in [0.4, 0.5) is 10.8 Å². The average molecular weight is 282 g/mol. The first-order chi connectivity index (χ1) is 8.65. The maximum Gasteiger partial charge on any atom is 0.234 e. The molecule has 0 spiro atoms. The number of thioether (sulfide) groups is 1. The molecule has 18 heavy (non-hydrogen) atoms. The standard InChI is InChI=1S/C10H10N4O2S2/c11-9-13-14-10(18-9)17-5-8(16)12-6-3-1-2-4-7(6)15/h1-4,15H,5H2,(H2,11,13)(H,12,16). The minimum Gasteiger partial charge on any atom is -0.506 e. The summed E-state index contributed by atoms with van der Waals surface area (Å²) in [7, 11) is 0. The van der Waals surface area contributed by atoms with Crippen molar-refractivity contribution in [3.8, 4) is 5.75 Å². The van der Waals surface area contributed by atoms with Crippen molar-refractivity contribution in [2.45, 2.75) is 4.34 Å². The van der Waals surface area contributed by atoms with Crippen LogP contribution >= 0.6 is 23.1 Å². The zero-order chi connectivity index (χ0) is 13.0. The Kier molecular flexibility index (Phi) is 4.00. The fraction of sp³-hybridized carbons (Fsp3) is 0.100. The summed E-state index contributed by atoms with van der Waals surface area (Å²) in [5.74, 6) is -0.00513. The normalized spacial score (nSPS) is 10.2. The molecule has 8 heteroatoms. The topological polar surface area (TPSA) is 101 Å². The highest BCUT2D eigenvalue weighted by Gasteiger charge is 2.08. The van der Waals surface area contributed by atoms with Crippen molar-refractivity contribution >= 4 is 39.8 Å². The number of phenols is 1. The molecular weight excluding hydrogens is 272 g/mol. The summed E-state index contributed by atoms with van der Waals surface area (Å²) >= 11 is 2.47. The second kappa shape index (κ2) is 5.69. The first-order valence-corrected chi connectivity index (χ1v) is 6.75. The Morgan fingerprint density at radius 1 is 1.44 bits per heavy atom. The van der Waals surface area contributed by atoms with Crippen LogP contribution in [0.2, 0.25) is 0 Å². The van der Waals surface area contributed by atoms with Crippen molar-refractivity contribution in [3.63, 3.8) is 0 Å². The van der Waals surface area contributed by atoms with Gasteiger partial charge in [0.25, 0.3) is 0 Å². The van der Waals surface area contributed by atoms with E-state index in [-0.39, 0.29) is 17.4 Å². The average Bonchev–Trinajstić information content (AvgIpc) is 2.76. The van der Waals surface area contributed by atoms with Gasteiger partial charge in [-0.15, -0.1) is 10.2 Å². The summed E-state index contributed by atoms with van der Waals surface area (Å²) < 4.78 is 0.639. The number of phenolic OH excluding ortho intramolecular Hbond substituents is 1. The van der Waals surface area contributed by atoms with Crippen LogP contribution in [0.3, 0.4) is 0 Å². The number of hydrogen-bond donors (Lipinski definition) is 3. The molecule has 0 saturated carbocycles. The number of aromatic hydroxyl groups is 1. The fourth-order valence-electron chi connectivity index (χ4n) is 1.17. The van der Waals surface area contributed by atoms with Crippen LogP contribution in [-0.4, -0.2) is 27.0 Å². The van der Waals surface area contributed by atoms with Gasteiger partial charge in [0.05, 0.1) is 11.4 Å². The largest absolute Gasteiger partial charge is 0.506 e. The molecule has 6 nitrogen and oxygen atoms in total. The lowest BCUT2D eigenvalue weighted by atomic mass is 10.3. The number of para-hydroxylation sites is 2. The van der Waals surface area contributed by atoms with E-state index in [2.05, 4.69) is 15.5 Å². The van der Waals surface area contributed by atoms with Gasteiger partial charge in [0.2, 0.25) is 11.0 Å². The number of aromatic nitrogens is 2. The van der Waals surface area contributed by atoms with Gasteiger partial charge in [-0.3, -0.25) is 4.79 Å². The van der Waals surface area contributed by atoms with Crippen LogP contribution in [0, 0.1) is 0 Å². The summed E-state index contributed by atoms with van der Waals surface area (Å²) in [5, 5.41) is 19.9. The molecule has 1 heterocycles. The van der Waals surface area contributed by atoms with Gasteiger partial charge in [0, 0.05) is 0 Å². The number of nitrogens with two attached hydrogens (primary N) is 1. The summed E-state index contributed by atoms with van der Waals surface area (Å²) in [6, 6.07) is 6.55. The molecule has 2 rings (SSSR count). The number of rotatable bonds is 4. The maximum absolute atomic E-state index is 11.6. The first-order valence-electron chi connectivity index (χ1n) is 4.95. The molecular formula is C10H10N4O2S2. The van der Waals surface area contributed by atoms with E-state index in [4.69, 9.17) is 5.73 Å². The number of nitrogens with one attached hydrogen (secondary N) is 1. The molecule has 0 unspecified atom stereocenters. The number of hydrogen-bond acceptors (Lipinski definition) is 7. The van der Waals surface area contributed by atoms with Gasteiger partial charge in [0.1, 0.15) is 5.75 Å². The fourth-order valence-corrected chi connectivity index (χ4v) is 2.61. The Balaban J connectivity index is 1.88. The van der Waals surface area contributed by atoms with Crippen molar-refractivity contribution in [1.82, 2.24) is 10.2 Å². The van der Waals surface area contributed by atoms with E-state index in [1.54, 1.807) is 18.2 Å². The second-order valence-corrected chi connectivity index (χ2v) is 5.49. The molecule has 0 saturated heterocycles. The van der Waals surface area contributed by atoms with Crippen LogP contribution in [0.5, 0.6) is 5.75 Å². The first kappa shape index (κ1) is 12.7. The van der Waals surface area contributed by atoms with E-state index in [0.29, 0.717) is 15.2 Å². The molecule has 1 aromatic carbocycles. The van der Waals surface area contributed by atoms with Crippen LogP contribution in [0.1, 0.15) is 0 Å². The molecule has 0 atom stereocenters. The summed E-state index contributed by atoms with van der Waals surface area (Å²) in [4.78, 5) is 11.6. The molecule has 2 aromatic rings. The molecule has 0 aliphatic heterocycles. The Morgan fingerprint density at radius 3 is 2.89 bits per heavy atom. The summed E-state index contributed by atoms with van der Waals surface area (Å²) in [6.07, 6.45) is 0. The van der Waals surface area contributed by atoms with Crippen molar-refractivity contribution in [2.24, 2.45) is 0 Å². The van der Waals surface area contributed by atoms with Crippen molar-refractivity contribution in [1.29, 1.82) is 0 Å². The number of amides is 1. The van der Waals surface area contributed by atoms with Gasteiger partial charge in [-0.25, -0.2) is 0 Å². The lowest BCUT2D eigenvalue weighted by molar-refractivity contribution is -0.113. The van der Waals surface area contributed by atoms with Gasteiger partial charge in [0.15, 0.2) is 4.34 Å². The highest BCUT2D eigenvalue weighted by Crippen LogP contribution is 2.25. The van der Waals surface area contributed by atoms with E-state index >= 15 is 0 Å². The third kappa shape index (κ3) is 3.34. The van der Waals surface area contributed by atoms with Gasteiger partial charge >= 0.3 is 0 Å². The maximum atomic E-state index is 11.6. The predicted octanol–water partition coefficient (Wildman–Crippen LogP) is 1.56. The Bertz CT molecular complexity index is 558. The van der Waals surface area contributed by atoms with E-state index in [1.807, 2.05) is 0 Å². The molecule has 0 bridgehead atoms. The van der Waals surface area contributed by atoms with Crippen molar-refractivity contribution < 1.29 is 9.90 Å². The third-order valence-electron chi connectivity index (χ3n) is 1.93. The number of benzene rings is 1. The molecule has 0 radical (unpaired) electrons. The van der Waals surface area contributed by atoms with Crippen LogP contribution in [0.15, 0.2) is 28.6 Å². The van der Waals surface area contributed by atoms with E-state index in [0.717, 1.165) is 0 Å². The second-order valence-electron chi connectivity index (χ2n) is 3.26. The van der Waals surface area contributed by atoms with E-state index in [9.17, 15) is 9.90 Å². The lowest BCUT2D eigenvalue weighted by Gasteiger charge is -2.05. The van der Waals surface area contributed by atoms with Gasteiger partial charge in [-0.2, -0.15) is 0 Å². The van der Waals surface area contributed by atoms with Crippen LogP contribution in [0.25, 0.3) is 0 Å². The third-order valence-corrected chi connectivity index (χ3v) is 3.81. The summed E-state index contributed by atoms with van der Waals surface area (Å²) in [5.41, 5.74) is 5.82. The Labute approximate surface area is 111 Å². The minimum atomic E-state index is -0.227. The SMILES string of the molecule is Nc1nnc(SCC(=O)Nc2ccccc2O)s1. The van der Waals surface area contributed by atoms with E-state index < -0.39 is 0 Å². The monoisotopic (exact) mass is 282 g/mol. The van der Waals surface area contributed by atoms with Gasteiger partial charge in [-0.05, 0) is 12.1 Å². The van der Waals surface area contributed by atoms with Gasteiger partial charge in [-0.1, -0.05) is 35.2 Å². The zero-order valence-electron chi connectivity index (χ0n) is 9.16.